The van der Waals surface area contributed by atoms with Gasteiger partial charge in [-0.05, 0) is 31.4 Å². The topological polar surface area (TPSA) is 97.6 Å². The third-order valence-electron chi connectivity index (χ3n) is 5.86. The summed E-state index contributed by atoms with van der Waals surface area (Å²) in [6, 6.07) is 3.80. The molecule has 2 amide bonds. The van der Waals surface area contributed by atoms with E-state index in [0.29, 0.717) is 31.8 Å². The first-order valence-corrected chi connectivity index (χ1v) is 9.76. The molecule has 2 aromatic heterocycles. The summed E-state index contributed by atoms with van der Waals surface area (Å²) in [5.74, 6) is 1.42. The number of rotatable bonds is 2. The number of oxazole rings is 1. The maximum atomic E-state index is 13.1. The second-order valence-corrected chi connectivity index (χ2v) is 7.67. The van der Waals surface area contributed by atoms with Gasteiger partial charge in [-0.3, -0.25) is 14.6 Å². The van der Waals surface area contributed by atoms with Gasteiger partial charge in [-0.15, -0.1) is 0 Å². The number of carbonyl (C=O) groups is 2. The molecule has 4 heterocycles. The lowest BCUT2D eigenvalue weighted by Gasteiger charge is -2.40. The van der Waals surface area contributed by atoms with Crippen LogP contribution in [-0.2, 0) is 27.3 Å². The Balaban J connectivity index is 1.27. The predicted octanol–water partition coefficient (Wildman–Crippen LogP) is 1.30. The van der Waals surface area contributed by atoms with Crippen molar-refractivity contribution in [2.24, 2.45) is 5.92 Å². The number of nitrogens with one attached hydrogen (secondary N) is 1. The fourth-order valence-corrected chi connectivity index (χ4v) is 4.39. The Bertz CT molecular complexity index is 897. The molecule has 0 aromatic carbocycles. The molecule has 2 aliphatic heterocycles. The fraction of sp³-hybridized carbons (Fsp3) is 0.500. The quantitative estimate of drug-likeness (QED) is 0.841. The van der Waals surface area contributed by atoms with E-state index in [2.05, 4.69) is 15.3 Å². The number of hydrogen-bond acceptors (Lipinski definition) is 6. The van der Waals surface area contributed by atoms with E-state index in [1.807, 2.05) is 17.0 Å². The minimum absolute atomic E-state index is 0.0378. The Morgan fingerprint density at radius 1 is 1.32 bits per heavy atom. The first kappa shape index (κ1) is 17.4. The van der Waals surface area contributed by atoms with Gasteiger partial charge in [0.2, 0.25) is 17.7 Å². The van der Waals surface area contributed by atoms with E-state index in [9.17, 15) is 9.59 Å². The van der Waals surface area contributed by atoms with E-state index in [1.165, 1.54) is 0 Å². The molecule has 0 radical (unpaired) electrons. The molecule has 0 bridgehead atoms. The van der Waals surface area contributed by atoms with Gasteiger partial charge in [-0.25, -0.2) is 4.98 Å². The molecule has 1 saturated carbocycles. The van der Waals surface area contributed by atoms with Crippen LogP contribution in [0.5, 0.6) is 0 Å². The zero-order valence-corrected chi connectivity index (χ0v) is 15.5. The maximum Gasteiger partial charge on any atom is 0.246 e. The summed E-state index contributed by atoms with van der Waals surface area (Å²) in [6.07, 6.45) is 6.25. The van der Waals surface area contributed by atoms with Crippen molar-refractivity contribution in [2.75, 3.05) is 13.2 Å². The minimum atomic E-state index is -0.0671. The molecule has 8 heteroatoms. The maximum absolute atomic E-state index is 13.1. The standard InChI is InChI=1S/C20H22N4O4/c25-18-11-27-17-8-12(3-4-14(17)22-18)20(26)24-7-5-16-15(10-24)23-19(28-16)13-2-1-6-21-9-13/h1-2,6,9,12,14,17H,3-5,7-8,10-11H2,(H,22,25)/t12-,14-,17-/m0/s1. The zero-order chi connectivity index (χ0) is 19.1. The smallest absolute Gasteiger partial charge is 0.246 e. The Morgan fingerprint density at radius 3 is 3.11 bits per heavy atom. The van der Waals surface area contributed by atoms with Gasteiger partial charge >= 0.3 is 0 Å². The van der Waals surface area contributed by atoms with Crippen molar-refractivity contribution in [3.8, 4) is 11.5 Å². The average Bonchev–Trinajstić information content (AvgIpc) is 3.17. The molecule has 1 aliphatic carbocycles. The SMILES string of the molecule is O=C1CO[C@H]2C[C@@H](C(=O)N3CCc4oc(-c5cccnc5)nc4C3)CC[C@@H]2N1. The van der Waals surface area contributed by atoms with Crippen molar-refractivity contribution in [3.05, 3.63) is 36.0 Å². The van der Waals surface area contributed by atoms with Gasteiger partial charge in [0.25, 0.3) is 0 Å². The number of ether oxygens (including phenoxy) is 1. The molecule has 5 rings (SSSR count). The molecule has 146 valence electrons. The van der Waals surface area contributed by atoms with Gasteiger partial charge in [0.1, 0.15) is 18.1 Å². The van der Waals surface area contributed by atoms with E-state index in [0.717, 1.165) is 29.9 Å². The van der Waals surface area contributed by atoms with Crippen LogP contribution in [0.3, 0.4) is 0 Å². The highest BCUT2D eigenvalue weighted by Crippen LogP contribution is 2.32. The number of pyridine rings is 1. The third-order valence-corrected chi connectivity index (χ3v) is 5.86. The zero-order valence-electron chi connectivity index (χ0n) is 15.5. The molecule has 1 saturated heterocycles. The predicted molar refractivity (Wildman–Crippen MR) is 97.9 cm³/mol. The van der Waals surface area contributed by atoms with Gasteiger partial charge in [-0.1, -0.05) is 0 Å². The number of aromatic nitrogens is 2. The van der Waals surface area contributed by atoms with Crippen LogP contribution < -0.4 is 5.32 Å². The summed E-state index contributed by atoms with van der Waals surface area (Å²) in [4.78, 5) is 35.2. The molecule has 2 fully saturated rings. The van der Waals surface area contributed by atoms with Crippen LogP contribution in [0.4, 0.5) is 0 Å². The molecule has 0 unspecified atom stereocenters. The summed E-state index contributed by atoms with van der Waals surface area (Å²) in [5.41, 5.74) is 1.66. The van der Waals surface area contributed by atoms with Crippen molar-refractivity contribution in [1.29, 1.82) is 0 Å². The highest BCUT2D eigenvalue weighted by atomic mass is 16.5. The molecular weight excluding hydrogens is 360 g/mol. The number of nitrogens with zero attached hydrogens (tertiary/aromatic N) is 3. The van der Waals surface area contributed by atoms with Gasteiger partial charge in [0, 0.05) is 31.3 Å². The van der Waals surface area contributed by atoms with Crippen LogP contribution in [-0.4, -0.2) is 52.0 Å². The molecule has 0 spiro atoms. The molecular formula is C20H22N4O4. The number of carbonyl (C=O) groups excluding carboxylic acids is 2. The van der Waals surface area contributed by atoms with Crippen molar-refractivity contribution < 1.29 is 18.7 Å². The van der Waals surface area contributed by atoms with E-state index in [1.54, 1.807) is 12.4 Å². The van der Waals surface area contributed by atoms with E-state index in [-0.39, 0.29) is 36.5 Å². The molecule has 8 nitrogen and oxygen atoms in total. The van der Waals surface area contributed by atoms with Crippen LogP contribution in [0.2, 0.25) is 0 Å². The largest absolute Gasteiger partial charge is 0.441 e. The Kier molecular flexibility index (Phi) is 4.35. The molecule has 28 heavy (non-hydrogen) atoms. The van der Waals surface area contributed by atoms with Gasteiger partial charge in [0.15, 0.2) is 0 Å². The van der Waals surface area contributed by atoms with Crippen LogP contribution >= 0.6 is 0 Å². The first-order valence-electron chi connectivity index (χ1n) is 9.76. The molecule has 1 N–H and O–H groups in total. The Morgan fingerprint density at radius 2 is 2.25 bits per heavy atom. The molecule has 2 aromatic rings. The number of hydrogen-bond donors (Lipinski definition) is 1. The van der Waals surface area contributed by atoms with Gasteiger partial charge < -0.3 is 19.4 Å². The van der Waals surface area contributed by atoms with Crippen molar-refractivity contribution in [1.82, 2.24) is 20.2 Å². The second kappa shape index (κ2) is 7.01. The first-order chi connectivity index (χ1) is 13.7. The normalized spacial score (nSPS) is 26.9. The van der Waals surface area contributed by atoms with E-state index < -0.39 is 0 Å². The third kappa shape index (κ3) is 3.17. The molecule has 3 aliphatic rings. The Hall–Kier alpha value is -2.74. The number of amides is 2. The lowest BCUT2D eigenvalue weighted by Crippen LogP contribution is -2.55. The minimum Gasteiger partial charge on any atom is -0.441 e. The van der Waals surface area contributed by atoms with Crippen LogP contribution in [0, 0.1) is 5.92 Å². The van der Waals surface area contributed by atoms with Crippen molar-refractivity contribution in [2.45, 2.75) is 44.4 Å². The average molecular weight is 382 g/mol. The summed E-state index contributed by atoms with van der Waals surface area (Å²) < 4.78 is 11.6. The van der Waals surface area contributed by atoms with Gasteiger partial charge in [-0.2, -0.15) is 0 Å². The Labute approximate surface area is 162 Å². The highest BCUT2D eigenvalue weighted by molar-refractivity contribution is 5.80. The number of morpholine rings is 1. The van der Waals surface area contributed by atoms with Crippen molar-refractivity contribution in [3.63, 3.8) is 0 Å². The summed E-state index contributed by atoms with van der Waals surface area (Å²) in [6.45, 7) is 1.20. The fourth-order valence-electron chi connectivity index (χ4n) is 4.39. The monoisotopic (exact) mass is 382 g/mol. The van der Waals surface area contributed by atoms with Crippen LogP contribution in [0.1, 0.15) is 30.7 Å². The van der Waals surface area contributed by atoms with Gasteiger partial charge in [0.05, 0.1) is 24.3 Å². The lowest BCUT2D eigenvalue weighted by molar-refractivity contribution is -0.146. The summed E-state index contributed by atoms with van der Waals surface area (Å²) in [5, 5.41) is 2.97. The van der Waals surface area contributed by atoms with Crippen LogP contribution in [0.25, 0.3) is 11.5 Å². The van der Waals surface area contributed by atoms with Crippen LogP contribution in [0.15, 0.2) is 28.9 Å². The van der Waals surface area contributed by atoms with Crippen molar-refractivity contribution >= 4 is 11.8 Å². The highest BCUT2D eigenvalue weighted by Gasteiger charge is 2.40. The van der Waals surface area contributed by atoms with E-state index in [4.69, 9.17) is 9.15 Å². The summed E-state index contributed by atoms with van der Waals surface area (Å²) >= 11 is 0. The number of fused-ring (bicyclic) bond motifs is 2. The summed E-state index contributed by atoms with van der Waals surface area (Å²) in [7, 11) is 0. The molecule has 3 atom stereocenters. The lowest BCUT2D eigenvalue weighted by atomic mass is 9.82. The second-order valence-electron chi connectivity index (χ2n) is 7.67. The van der Waals surface area contributed by atoms with E-state index >= 15 is 0 Å².